The van der Waals surface area contributed by atoms with Crippen LogP contribution in [0.5, 0.6) is 0 Å². The van der Waals surface area contributed by atoms with Crippen LogP contribution in [0.15, 0.2) is 25.9 Å². The highest BCUT2D eigenvalue weighted by molar-refractivity contribution is 14.1. The molecular weight excluding hydrogens is 290 g/mol. The number of fused-ring (bicyclic) bond motifs is 1. The lowest BCUT2D eigenvalue weighted by Gasteiger charge is -2.17. The van der Waals surface area contributed by atoms with E-state index in [9.17, 15) is 4.79 Å². The van der Waals surface area contributed by atoms with Crippen LogP contribution >= 0.6 is 34.2 Å². The van der Waals surface area contributed by atoms with Crippen molar-refractivity contribution in [2.24, 2.45) is 4.99 Å². The van der Waals surface area contributed by atoms with Gasteiger partial charge in [0.05, 0.1) is 5.03 Å². The van der Waals surface area contributed by atoms with E-state index >= 15 is 0 Å². The first kappa shape index (κ1) is 8.25. The first-order valence-corrected chi connectivity index (χ1v) is 4.76. The molecule has 0 radical (unpaired) electrons. The van der Waals surface area contributed by atoms with Gasteiger partial charge < -0.3 is 4.90 Å². The summed E-state index contributed by atoms with van der Waals surface area (Å²) >= 11 is 8.04. The standard InChI is InChI=1S/C7H4ClIN2O/c8-6-4(9)1-2-11-3-5(12)10-7(6)11/h1-2H,3H2. The third-order valence-corrected chi connectivity index (χ3v) is 3.21. The number of allylic oxidation sites excluding steroid dienone is 2. The quantitative estimate of drug-likeness (QED) is 0.636. The van der Waals surface area contributed by atoms with Gasteiger partial charge in [0.1, 0.15) is 6.54 Å². The molecule has 0 N–H and O–H groups in total. The number of amides is 1. The van der Waals surface area contributed by atoms with Gasteiger partial charge in [0.25, 0.3) is 5.91 Å². The Morgan fingerprint density at radius 1 is 1.67 bits per heavy atom. The molecule has 62 valence electrons. The smallest absolute Gasteiger partial charge is 0.267 e. The van der Waals surface area contributed by atoms with Gasteiger partial charge in [-0.05, 0) is 28.7 Å². The predicted molar refractivity (Wildman–Crippen MR) is 55.2 cm³/mol. The normalized spacial score (nSPS) is 21.7. The van der Waals surface area contributed by atoms with Gasteiger partial charge in [-0.15, -0.1) is 0 Å². The lowest BCUT2D eigenvalue weighted by molar-refractivity contribution is -0.116. The van der Waals surface area contributed by atoms with E-state index in [1.807, 2.05) is 12.3 Å². The Morgan fingerprint density at radius 2 is 2.42 bits per heavy atom. The maximum absolute atomic E-state index is 10.9. The zero-order chi connectivity index (χ0) is 8.72. The number of amidine groups is 1. The molecule has 12 heavy (non-hydrogen) atoms. The second-order valence-electron chi connectivity index (χ2n) is 2.43. The van der Waals surface area contributed by atoms with E-state index in [4.69, 9.17) is 11.6 Å². The van der Waals surface area contributed by atoms with Crippen LogP contribution in [0, 0.1) is 0 Å². The van der Waals surface area contributed by atoms with Crippen molar-refractivity contribution in [1.82, 2.24) is 4.90 Å². The largest absolute Gasteiger partial charge is 0.322 e. The van der Waals surface area contributed by atoms with Crippen LogP contribution in [-0.2, 0) is 4.79 Å². The topological polar surface area (TPSA) is 32.7 Å². The van der Waals surface area contributed by atoms with Gasteiger partial charge in [-0.25, -0.2) is 0 Å². The highest BCUT2D eigenvalue weighted by Gasteiger charge is 2.26. The molecule has 2 aliphatic heterocycles. The number of carbonyl (C=O) groups is 1. The van der Waals surface area contributed by atoms with Crippen molar-refractivity contribution >= 4 is 45.9 Å². The van der Waals surface area contributed by atoms with Crippen LogP contribution in [0.25, 0.3) is 0 Å². The second kappa shape index (κ2) is 2.85. The molecule has 0 saturated carbocycles. The maximum atomic E-state index is 10.9. The van der Waals surface area contributed by atoms with Gasteiger partial charge in [-0.1, -0.05) is 11.6 Å². The minimum absolute atomic E-state index is 0.140. The van der Waals surface area contributed by atoms with Crippen LogP contribution < -0.4 is 0 Å². The number of rotatable bonds is 0. The highest BCUT2D eigenvalue weighted by Crippen LogP contribution is 2.27. The van der Waals surface area contributed by atoms with Crippen LogP contribution in [0.1, 0.15) is 0 Å². The SMILES string of the molecule is O=C1CN2C=CC(I)=C(Cl)C2=N1. The number of hydrogen-bond acceptors (Lipinski definition) is 2. The summed E-state index contributed by atoms with van der Waals surface area (Å²) in [5.74, 6) is 0.437. The summed E-state index contributed by atoms with van der Waals surface area (Å²) in [7, 11) is 0. The number of halogens is 2. The minimum Gasteiger partial charge on any atom is -0.322 e. The van der Waals surface area contributed by atoms with Crippen molar-refractivity contribution in [3.8, 4) is 0 Å². The predicted octanol–water partition coefficient (Wildman–Crippen LogP) is 1.64. The van der Waals surface area contributed by atoms with Crippen molar-refractivity contribution in [3.63, 3.8) is 0 Å². The average molecular weight is 294 g/mol. The molecule has 0 aromatic rings. The van der Waals surface area contributed by atoms with Gasteiger partial charge in [0, 0.05) is 9.78 Å². The Morgan fingerprint density at radius 3 is 3.17 bits per heavy atom. The maximum Gasteiger partial charge on any atom is 0.267 e. The van der Waals surface area contributed by atoms with E-state index in [1.54, 1.807) is 4.90 Å². The summed E-state index contributed by atoms with van der Waals surface area (Å²) in [6, 6.07) is 0. The van der Waals surface area contributed by atoms with E-state index in [0.717, 1.165) is 3.58 Å². The molecule has 2 heterocycles. The second-order valence-corrected chi connectivity index (χ2v) is 3.97. The van der Waals surface area contributed by atoms with E-state index in [-0.39, 0.29) is 5.91 Å². The monoisotopic (exact) mass is 294 g/mol. The molecule has 0 unspecified atom stereocenters. The first-order valence-electron chi connectivity index (χ1n) is 3.30. The van der Waals surface area contributed by atoms with Crippen molar-refractivity contribution in [1.29, 1.82) is 0 Å². The molecule has 1 amide bonds. The summed E-state index contributed by atoms with van der Waals surface area (Å²) in [5, 5.41) is 0.559. The van der Waals surface area contributed by atoms with Crippen LogP contribution in [-0.4, -0.2) is 23.2 Å². The molecule has 0 spiro atoms. The molecule has 0 atom stereocenters. The zero-order valence-corrected chi connectivity index (χ0v) is 8.83. The third-order valence-electron chi connectivity index (χ3n) is 1.62. The molecule has 2 aliphatic rings. The Bertz CT molecular complexity index is 345. The van der Waals surface area contributed by atoms with Crippen LogP contribution in [0.3, 0.4) is 0 Å². The average Bonchev–Trinajstić information content (AvgIpc) is 2.39. The van der Waals surface area contributed by atoms with E-state index in [0.29, 0.717) is 17.4 Å². The number of carbonyl (C=O) groups excluding carboxylic acids is 1. The minimum atomic E-state index is -0.140. The Hall–Kier alpha value is -0.360. The number of aliphatic imine (C=N–C) groups is 1. The molecule has 5 heteroatoms. The Balaban J connectivity index is 2.47. The van der Waals surface area contributed by atoms with Crippen molar-refractivity contribution in [2.45, 2.75) is 0 Å². The van der Waals surface area contributed by atoms with Gasteiger partial charge in [-0.2, -0.15) is 4.99 Å². The van der Waals surface area contributed by atoms with Gasteiger partial charge in [-0.3, -0.25) is 4.79 Å². The van der Waals surface area contributed by atoms with Crippen molar-refractivity contribution < 1.29 is 4.79 Å². The molecule has 3 nitrogen and oxygen atoms in total. The van der Waals surface area contributed by atoms with Gasteiger partial charge in [0.2, 0.25) is 0 Å². The zero-order valence-electron chi connectivity index (χ0n) is 5.92. The number of nitrogens with zero attached hydrogens (tertiary/aromatic N) is 2. The fourth-order valence-corrected chi connectivity index (χ4v) is 1.69. The summed E-state index contributed by atoms with van der Waals surface area (Å²) < 4.78 is 0.916. The molecule has 0 fully saturated rings. The van der Waals surface area contributed by atoms with Crippen LogP contribution in [0.4, 0.5) is 0 Å². The van der Waals surface area contributed by atoms with Gasteiger partial charge >= 0.3 is 0 Å². The Kier molecular flexibility index (Phi) is 1.96. The molecule has 0 saturated heterocycles. The van der Waals surface area contributed by atoms with E-state index in [1.165, 1.54) is 0 Å². The third kappa shape index (κ3) is 1.19. The Labute approximate surface area is 87.9 Å². The van der Waals surface area contributed by atoms with E-state index in [2.05, 4.69) is 27.6 Å². The summed E-state index contributed by atoms with van der Waals surface area (Å²) in [6.45, 7) is 0.311. The van der Waals surface area contributed by atoms with Crippen molar-refractivity contribution in [3.05, 3.63) is 20.9 Å². The molecule has 0 aromatic heterocycles. The van der Waals surface area contributed by atoms with E-state index < -0.39 is 0 Å². The summed E-state index contributed by atoms with van der Waals surface area (Å²) in [4.78, 5) is 16.5. The number of hydrogen-bond donors (Lipinski definition) is 0. The fourth-order valence-electron chi connectivity index (χ4n) is 1.07. The molecular formula is C7H4ClIN2O. The summed E-state index contributed by atoms with van der Waals surface area (Å²) in [5.41, 5.74) is 0. The molecule has 0 bridgehead atoms. The molecule has 2 rings (SSSR count). The van der Waals surface area contributed by atoms with Gasteiger partial charge in [0.15, 0.2) is 5.84 Å². The fraction of sp³-hybridized carbons (Fsp3) is 0.143. The highest BCUT2D eigenvalue weighted by atomic mass is 127. The first-order chi connectivity index (χ1) is 5.68. The summed E-state index contributed by atoms with van der Waals surface area (Å²) in [6.07, 6.45) is 3.68. The van der Waals surface area contributed by atoms with Crippen molar-refractivity contribution in [2.75, 3.05) is 6.54 Å². The molecule has 0 aromatic carbocycles. The molecule has 0 aliphatic carbocycles. The van der Waals surface area contributed by atoms with Crippen LogP contribution in [0.2, 0.25) is 0 Å². The lowest BCUT2D eigenvalue weighted by atomic mass is 10.3. The lowest BCUT2D eigenvalue weighted by Crippen LogP contribution is -2.25.